The van der Waals surface area contributed by atoms with Crippen LogP contribution in [0, 0.1) is 0 Å². The fourth-order valence-electron chi connectivity index (χ4n) is 2.29. The summed E-state index contributed by atoms with van der Waals surface area (Å²) < 4.78 is -0.609. The number of β-lactam (4-membered cyclic amide) rings is 1. The highest BCUT2D eigenvalue weighted by atomic mass is 35.5. The molecule has 0 aromatic rings. The molecular weight excluding hydrogens is 278 g/mol. The average Bonchev–Trinajstić information content (AvgIpc) is 2.47. The zero-order chi connectivity index (χ0) is 13.8. The summed E-state index contributed by atoms with van der Waals surface area (Å²) in [5.74, 6) is -1.87. The maximum absolute atomic E-state index is 11.9. The highest BCUT2D eigenvalue weighted by Gasteiger charge is 2.62. The van der Waals surface area contributed by atoms with E-state index >= 15 is 0 Å². The molecule has 5 nitrogen and oxygen atoms in total. The third-order valence-corrected chi connectivity index (χ3v) is 5.08. The summed E-state index contributed by atoms with van der Waals surface area (Å²) in [7, 11) is 0. The number of amides is 1. The molecule has 1 N–H and O–H groups in total. The molecule has 18 heavy (non-hydrogen) atoms. The van der Waals surface area contributed by atoms with Gasteiger partial charge in [0.2, 0.25) is 0 Å². The number of allylic oxidation sites excluding steroid dienone is 1. The molecule has 2 atom stereocenters. The Hall–Kier alpha value is -1.01. The van der Waals surface area contributed by atoms with Crippen molar-refractivity contribution in [2.75, 3.05) is 0 Å². The van der Waals surface area contributed by atoms with Crippen molar-refractivity contribution in [3.8, 4) is 0 Å². The third-order valence-electron chi connectivity index (χ3n) is 3.10. The van der Waals surface area contributed by atoms with E-state index in [0.29, 0.717) is 0 Å². The van der Waals surface area contributed by atoms with Crippen LogP contribution in [-0.4, -0.2) is 43.8 Å². The molecule has 0 spiro atoms. The molecule has 0 radical (unpaired) electrons. The zero-order valence-corrected chi connectivity index (χ0v) is 11.6. The number of carbonyl (C=O) groups is 3. The van der Waals surface area contributed by atoms with Crippen LogP contribution in [0.1, 0.15) is 20.8 Å². The SMILES string of the molecule is CC(=O)/C(Cl)=C1/C(=O)N2[C@@H]1SC(C)(C)[C@@H]2C(=O)O. The Morgan fingerprint density at radius 2 is 2.00 bits per heavy atom. The largest absolute Gasteiger partial charge is 0.480 e. The van der Waals surface area contributed by atoms with E-state index in [2.05, 4.69) is 0 Å². The molecule has 0 aliphatic carbocycles. The van der Waals surface area contributed by atoms with Gasteiger partial charge in [-0.3, -0.25) is 9.59 Å². The number of carboxylic acids is 1. The second-order valence-electron chi connectivity index (χ2n) is 4.81. The normalized spacial score (nSPS) is 31.8. The smallest absolute Gasteiger partial charge is 0.327 e. The van der Waals surface area contributed by atoms with Crippen molar-refractivity contribution >= 4 is 41.0 Å². The van der Waals surface area contributed by atoms with E-state index in [-0.39, 0.29) is 16.4 Å². The monoisotopic (exact) mass is 289 g/mol. The van der Waals surface area contributed by atoms with E-state index < -0.39 is 28.0 Å². The fourth-order valence-corrected chi connectivity index (χ4v) is 4.12. The number of carbonyl (C=O) groups excluding carboxylic acids is 2. The van der Waals surface area contributed by atoms with Crippen LogP contribution >= 0.6 is 23.4 Å². The van der Waals surface area contributed by atoms with Gasteiger partial charge in [0.05, 0.1) is 10.6 Å². The van der Waals surface area contributed by atoms with E-state index in [9.17, 15) is 19.5 Å². The number of ketones is 1. The predicted molar refractivity (Wildman–Crippen MR) is 67.3 cm³/mol. The number of aliphatic carboxylic acids is 1. The maximum Gasteiger partial charge on any atom is 0.327 e. The molecule has 2 aliphatic rings. The van der Waals surface area contributed by atoms with Crippen LogP contribution < -0.4 is 0 Å². The van der Waals surface area contributed by atoms with Gasteiger partial charge >= 0.3 is 5.97 Å². The van der Waals surface area contributed by atoms with Crippen LogP contribution in [0.4, 0.5) is 0 Å². The Bertz CT molecular complexity index is 499. The number of carboxylic acid groups (broad SMARTS) is 1. The first kappa shape index (κ1) is 13.4. The fraction of sp³-hybridized carbons (Fsp3) is 0.545. The first-order chi connectivity index (χ1) is 8.18. The van der Waals surface area contributed by atoms with E-state index in [1.807, 2.05) is 0 Å². The van der Waals surface area contributed by atoms with Gasteiger partial charge in [0.25, 0.3) is 5.91 Å². The number of nitrogens with zero attached hydrogens (tertiary/aromatic N) is 1. The molecule has 2 fully saturated rings. The Balaban J connectivity index is 2.42. The molecule has 2 saturated heterocycles. The summed E-state index contributed by atoms with van der Waals surface area (Å²) in [6.45, 7) is 4.81. The van der Waals surface area contributed by atoms with E-state index in [1.54, 1.807) is 13.8 Å². The lowest BCUT2D eigenvalue weighted by Gasteiger charge is -2.39. The van der Waals surface area contributed by atoms with Gasteiger partial charge in [0.15, 0.2) is 5.78 Å². The highest BCUT2D eigenvalue weighted by Crippen LogP contribution is 2.54. The second kappa shape index (κ2) is 3.99. The van der Waals surface area contributed by atoms with Crippen LogP contribution in [0.5, 0.6) is 0 Å². The second-order valence-corrected chi connectivity index (χ2v) is 6.92. The van der Waals surface area contributed by atoms with Gasteiger partial charge < -0.3 is 10.0 Å². The predicted octanol–water partition coefficient (Wildman–Crippen LogP) is 1.22. The minimum absolute atomic E-state index is 0.0874. The van der Waals surface area contributed by atoms with Gasteiger partial charge in [-0.15, -0.1) is 11.8 Å². The van der Waals surface area contributed by atoms with Gasteiger partial charge in [-0.2, -0.15) is 0 Å². The molecule has 0 unspecified atom stereocenters. The summed E-state index contributed by atoms with van der Waals surface area (Å²) in [5.41, 5.74) is 0.228. The lowest BCUT2D eigenvalue weighted by molar-refractivity contribution is -0.152. The van der Waals surface area contributed by atoms with Gasteiger partial charge in [0.1, 0.15) is 11.4 Å². The van der Waals surface area contributed by atoms with Crippen molar-refractivity contribution in [2.45, 2.75) is 36.9 Å². The summed E-state index contributed by atoms with van der Waals surface area (Å²) in [6, 6.07) is -0.889. The van der Waals surface area contributed by atoms with Crippen LogP contribution in [0.3, 0.4) is 0 Å². The minimum Gasteiger partial charge on any atom is -0.480 e. The minimum atomic E-state index is -1.04. The molecule has 2 heterocycles. The van der Waals surface area contributed by atoms with Crippen molar-refractivity contribution in [1.82, 2.24) is 4.90 Å². The first-order valence-electron chi connectivity index (χ1n) is 5.32. The van der Waals surface area contributed by atoms with Crippen LogP contribution in [0.15, 0.2) is 10.6 Å². The lowest BCUT2D eigenvalue weighted by Crippen LogP contribution is -2.58. The van der Waals surface area contributed by atoms with Crippen molar-refractivity contribution in [3.63, 3.8) is 0 Å². The summed E-state index contributed by atoms with van der Waals surface area (Å²) in [4.78, 5) is 35.7. The molecule has 0 aromatic carbocycles. The highest BCUT2D eigenvalue weighted by molar-refractivity contribution is 8.01. The third kappa shape index (κ3) is 1.66. The number of halogens is 1. The quantitative estimate of drug-likeness (QED) is 0.611. The van der Waals surface area contributed by atoms with Gasteiger partial charge in [-0.25, -0.2) is 4.79 Å². The van der Waals surface area contributed by atoms with Crippen LogP contribution in [0.25, 0.3) is 0 Å². The topological polar surface area (TPSA) is 74.7 Å². The molecular formula is C11H12ClNO4S. The molecule has 98 valence electrons. The zero-order valence-electron chi connectivity index (χ0n) is 10.1. The number of hydrogen-bond donors (Lipinski definition) is 1. The number of fused-ring (bicyclic) bond motifs is 1. The first-order valence-corrected chi connectivity index (χ1v) is 6.58. The van der Waals surface area contributed by atoms with E-state index in [1.165, 1.54) is 23.6 Å². The number of hydrogen-bond acceptors (Lipinski definition) is 4. The number of rotatable bonds is 2. The van der Waals surface area contributed by atoms with Crippen molar-refractivity contribution < 1.29 is 19.5 Å². The summed E-state index contributed by atoms with van der Waals surface area (Å²) >= 11 is 7.16. The molecule has 7 heteroatoms. The molecule has 2 aliphatic heterocycles. The van der Waals surface area contributed by atoms with E-state index in [4.69, 9.17) is 11.6 Å². The molecule has 2 rings (SSSR count). The molecule has 1 amide bonds. The van der Waals surface area contributed by atoms with Gasteiger partial charge in [-0.05, 0) is 13.8 Å². The standard InChI is InChI=1S/C11H12ClNO4S/c1-4(14)6(12)5-8(15)13-7(10(16)17)11(2,3)18-9(5)13/h7,9H,1-3H3,(H,16,17)/b6-5+/t7-,9+/m0/s1. The Kier molecular flexibility index (Phi) is 2.98. The summed E-state index contributed by atoms with van der Waals surface area (Å²) in [5, 5.41) is 8.69. The van der Waals surface area contributed by atoms with Crippen LogP contribution in [0.2, 0.25) is 0 Å². The maximum atomic E-state index is 11.9. The van der Waals surface area contributed by atoms with Crippen molar-refractivity contribution in [3.05, 3.63) is 10.6 Å². The van der Waals surface area contributed by atoms with Gasteiger partial charge in [0, 0.05) is 11.7 Å². The van der Waals surface area contributed by atoms with Crippen molar-refractivity contribution in [2.24, 2.45) is 0 Å². The summed E-state index contributed by atoms with van der Waals surface area (Å²) in [6.07, 6.45) is 0. The average molecular weight is 290 g/mol. The van der Waals surface area contributed by atoms with Crippen LogP contribution in [-0.2, 0) is 14.4 Å². The Morgan fingerprint density at radius 3 is 2.44 bits per heavy atom. The molecule has 0 saturated carbocycles. The molecule has 0 aromatic heterocycles. The number of Topliss-reactive ketones (excluding diaryl/α,β-unsaturated/α-hetero) is 1. The Morgan fingerprint density at radius 1 is 1.44 bits per heavy atom. The molecule has 0 bridgehead atoms. The van der Waals surface area contributed by atoms with Crippen molar-refractivity contribution in [1.29, 1.82) is 0 Å². The Labute approximate surface area is 113 Å². The van der Waals surface area contributed by atoms with E-state index in [0.717, 1.165) is 0 Å². The lowest BCUT2D eigenvalue weighted by atomic mass is 9.95. The van der Waals surface area contributed by atoms with Gasteiger partial charge in [-0.1, -0.05) is 11.6 Å². The number of thioether (sulfide) groups is 1.